The molecule has 2 aromatic carbocycles. The predicted molar refractivity (Wildman–Crippen MR) is 101 cm³/mol. The van der Waals surface area contributed by atoms with E-state index in [0.29, 0.717) is 21.5 Å². The number of hydrogen-bond donors (Lipinski definition) is 0. The van der Waals surface area contributed by atoms with Crippen molar-refractivity contribution in [3.63, 3.8) is 0 Å². The van der Waals surface area contributed by atoms with Crippen molar-refractivity contribution in [3.8, 4) is 0 Å². The number of benzene rings is 2. The second-order valence-corrected chi connectivity index (χ2v) is 6.64. The smallest absolute Gasteiger partial charge is 0.315 e. The van der Waals surface area contributed by atoms with Gasteiger partial charge in [0, 0.05) is 16.0 Å². The van der Waals surface area contributed by atoms with Crippen LogP contribution >= 0.6 is 23.2 Å². The molecule has 0 fully saturated rings. The SMILES string of the molecule is COC(=O)C1C(C)=NN=C(c2cccc(Cl)c2)C1c1cccc(Cl)c1. The third-order valence-corrected chi connectivity index (χ3v) is 4.65. The van der Waals surface area contributed by atoms with Gasteiger partial charge in [-0.2, -0.15) is 10.2 Å². The molecule has 0 amide bonds. The summed E-state index contributed by atoms with van der Waals surface area (Å²) in [6.07, 6.45) is 0. The van der Waals surface area contributed by atoms with Crippen molar-refractivity contribution >= 4 is 40.6 Å². The van der Waals surface area contributed by atoms with E-state index in [9.17, 15) is 4.79 Å². The van der Waals surface area contributed by atoms with Gasteiger partial charge < -0.3 is 4.74 Å². The van der Waals surface area contributed by atoms with Crippen LogP contribution in [0.2, 0.25) is 10.0 Å². The molecule has 4 nitrogen and oxygen atoms in total. The van der Waals surface area contributed by atoms with Crippen LogP contribution in [0.15, 0.2) is 58.7 Å². The Kier molecular flexibility index (Phi) is 5.21. The van der Waals surface area contributed by atoms with E-state index in [1.54, 1.807) is 19.1 Å². The minimum absolute atomic E-state index is 0.359. The molecule has 2 unspecified atom stereocenters. The number of nitrogens with zero attached hydrogens (tertiary/aromatic N) is 2. The lowest BCUT2D eigenvalue weighted by atomic mass is 9.77. The second-order valence-electron chi connectivity index (χ2n) is 5.77. The number of halogens is 2. The van der Waals surface area contributed by atoms with Gasteiger partial charge >= 0.3 is 5.97 Å². The molecule has 6 heteroatoms. The van der Waals surface area contributed by atoms with Gasteiger partial charge in [-0.15, -0.1) is 0 Å². The summed E-state index contributed by atoms with van der Waals surface area (Å²) in [7, 11) is 1.37. The van der Waals surface area contributed by atoms with Gasteiger partial charge in [0.1, 0.15) is 5.92 Å². The molecule has 3 rings (SSSR count). The van der Waals surface area contributed by atoms with E-state index in [1.807, 2.05) is 36.4 Å². The molecule has 0 spiro atoms. The van der Waals surface area contributed by atoms with Crippen LogP contribution in [0, 0.1) is 5.92 Å². The number of carbonyl (C=O) groups is 1. The van der Waals surface area contributed by atoms with Crippen LogP contribution in [0.25, 0.3) is 0 Å². The Morgan fingerprint density at radius 2 is 1.72 bits per heavy atom. The van der Waals surface area contributed by atoms with Crippen LogP contribution < -0.4 is 0 Å². The summed E-state index contributed by atoms with van der Waals surface area (Å²) >= 11 is 12.3. The van der Waals surface area contributed by atoms with E-state index in [1.165, 1.54) is 7.11 Å². The Labute approximate surface area is 156 Å². The van der Waals surface area contributed by atoms with E-state index < -0.39 is 5.92 Å². The molecular formula is C19H16Cl2N2O2. The monoisotopic (exact) mass is 374 g/mol. The Balaban J connectivity index is 2.18. The van der Waals surface area contributed by atoms with Crippen molar-refractivity contribution in [3.05, 3.63) is 69.7 Å². The highest BCUT2D eigenvalue weighted by molar-refractivity contribution is 6.31. The van der Waals surface area contributed by atoms with Gasteiger partial charge in [0.25, 0.3) is 0 Å². The Morgan fingerprint density at radius 3 is 2.36 bits per heavy atom. The molecule has 0 N–H and O–H groups in total. The first kappa shape index (κ1) is 17.6. The lowest BCUT2D eigenvalue weighted by Gasteiger charge is -2.29. The van der Waals surface area contributed by atoms with Crippen LogP contribution in [0.1, 0.15) is 24.0 Å². The highest BCUT2D eigenvalue weighted by Crippen LogP contribution is 2.35. The van der Waals surface area contributed by atoms with E-state index in [-0.39, 0.29) is 11.9 Å². The van der Waals surface area contributed by atoms with Gasteiger partial charge in [0.15, 0.2) is 0 Å². The zero-order chi connectivity index (χ0) is 18.0. The van der Waals surface area contributed by atoms with Gasteiger partial charge in [0.2, 0.25) is 0 Å². The predicted octanol–water partition coefficient (Wildman–Crippen LogP) is 4.75. The quantitative estimate of drug-likeness (QED) is 0.728. The molecule has 1 aliphatic rings. The van der Waals surface area contributed by atoms with Gasteiger partial charge in [-0.05, 0) is 42.3 Å². The summed E-state index contributed by atoms with van der Waals surface area (Å²) < 4.78 is 5.02. The fraction of sp³-hybridized carbons (Fsp3) is 0.211. The van der Waals surface area contributed by atoms with Gasteiger partial charge in [-0.25, -0.2) is 0 Å². The van der Waals surface area contributed by atoms with Crippen molar-refractivity contribution in [2.45, 2.75) is 12.8 Å². The van der Waals surface area contributed by atoms with Crippen molar-refractivity contribution < 1.29 is 9.53 Å². The summed E-state index contributed by atoms with van der Waals surface area (Å²) in [6.45, 7) is 1.78. The molecule has 25 heavy (non-hydrogen) atoms. The fourth-order valence-electron chi connectivity index (χ4n) is 3.03. The molecule has 0 saturated carbocycles. The number of esters is 1. The largest absolute Gasteiger partial charge is 0.468 e. The minimum atomic E-state index is -0.574. The second kappa shape index (κ2) is 7.38. The van der Waals surface area contributed by atoms with Crippen LogP contribution in [-0.2, 0) is 9.53 Å². The number of hydrogen-bond acceptors (Lipinski definition) is 4. The van der Waals surface area contributed by atoms with Gasteiger partial charge in [0.05, 0.1) is 18.5 Å². The number of carbonyl (C=O) groups excluding carboxylic acids is 1. The Hall–Kier alpha value is -2.17. The van der Waals surface area contributed by atoms with E-state index in [0.717, 1.165) is 11.1 Å². The zero-order valence-electron chi connectivity index (χ0n) is 13.7. The highest BCUT2D eigenvalue weighted by atomic mass is 35.5. The normalized spacial score (nSPS) is 19.8. The van der Waals surface area contributed by atoms with Crippen LogP contribution in [0.3, 0.4) is 0 Å². The maximum absolute atomic E-state index is 12.5. The molecule has 0 aromatic heterocycles. The average molecular weight is 375 g/mol. The molecule has 1 aliphatic heterocycles. The third kappa shape index (κ3) is 3.60. The summed E-state index contributed by atoms with van der Waals surface area (Å²) in [5.74, 6) is -1.29. The van der Waals surface area contributed by atoms with Crippen LogP contribution in [-0.4, -0.2) is 24.5 Å². The van der Waals surface area contributed by atoms with E-state index in [2.05, 4.69) is 10.2 Å². The topological polar surface area (TPSA) is 51.0 Å². The first-order chi connectivity index (χ1) is 12.0. The Morgan fingerprint density at radius 1 is 1.04 bits per heavy atom. The fourth-order valence-corrected chi connectivity index (χ4v) is 3.41. The summed E-state index contributed by atoms with van der Waals surface area (Å²) in [5.41, 5.74) is 2.94. The molecule has 128 valence electrons. The van der Waals surface area contributed by atoms with Crippen molar-refractivity contribution in [1.29, 1.82) is 0 Å². The molecule has 0 saturated heterocycles. The molecule has 2 atom stereocenters. The first-order valence-corrected chi connectivity index (χ1v) is 8.48. The molecule has 0 radical (unpaired) electrons. The minimum Gasteiger partial charge on any atom is -0.468 e. The molecule has 2 aromatic rings. The number of methoxy groups -OCH3 is 1. The van der Waals surface area contributed by atoms with E-state index >= 15 is 0 Å². The zero-order valence-corrected chi connectivity index (χ0v) is 15.3. The number of ether oxygens (including phenoxy) is 1. The van der Waals surface area contributed by atoms with Crippen molar-refractivity contribution in [2.24, 2.45) is 16.1 Å². The van der Waals surface area contributed by atoms with Crippen LogP contribution in [0.5, 0.6) is 0 Å². The summed E-state index contributed by atoms with van der Waals surface area (Å²) in [4.78, 5) is 12.5. The molecule has 0 aliphatic carbocycles. The lowest BCUT2D eigenvalue weighted by Crippen LogP contribution is -2.36. The standard InChI is InChI=1S/C19H16Cl2N2O2/c1-11-16(19(24)25-2)17(12-5-3-7-14(20)9-12)18(23-22-11)13-6-4-8-15(21)10-13/h3-10,16-17H,1-2H3. The first-order valence-electron chi connectivity index (χ1n) is 7.72. The number of rotatable bonds is 3. The lowest BCUT2D eigenvalue weighted by molar-refractivity contribution is -0.143. The summed E-state index contributed by atoms with van der Waals surface area (Å²) in [6, 6.07) is 14.7. The van der Waals surface area contributed by atoms with Crippen molar-refractivity contribution in [1.82, 2.24) is 0 Å². The average Bonchev–Trinajstić information content (AvgIpc) is 2.60. The van der Waals surface area contributed by atoms with E-state index in [4.69, 9.17) is 27.9 Å². The summed E-state index contributed by atoms with van der Waals surface area (Å²) in [5, 5.41) is 9.74. The maximum atomic E-state index is 12.5. The van der Waals surface area contributed by atoms with Gasteiger partial charge in [-0.3, -0.25) is 4.79 Å². The van der Waals surface area contributed by atoms with Gasteiger partial charge in [-0.1, -0.05) is 47.5 Å². The molecular weight excluding hydrogens is 359 g/mol. The maximum Gasteiger partial charge on any atom is 0.315 e. The van der Waals surface area contributed by atoms with Crippen molar-refractivity contribution in [2.75, 3.05) is 7.11 Å². The molecule has 0 bridgehead atoms. The highest BCUT2D eigenvalue weighted by Gasteiger charge is 2.39. The van der Waals surface area contributed by atoms with Crippen LogP contribution in [0.4, 0.5) is 0 Å². The Bertz CT molecular complexity index is 877. The molecule has 1 heterocycles. The third-order valence-electron chi connectivity index (χ3n) is 4.18.